The fraction of sp³-hybridized carbons (Fsp3) is 0.143. The van der Waals surface area contributed by atoms with Gasteiger partial charge < -0.3 is 5.32 Å². The molecule has 0 aliphatic heterocycles. The van der Waals surface area contributed by atoms with Crippen LogP contribution in [0, 0.1) is 11.6 Å². The standard InChI is InChI=1S/C14H12ClF2NS/c1-18-8-9-3-2-4-11(15)14(9)19-10-5-6-12(16)13(17)7-10/h2-7,18H,8H2,1H3. The molecule has 0 saturated heterocycles. The quantitative estimate of drug-likeness (QED) is 0.893. The Morgan fingerprint density at radius 2 is 1.95 bits per heavy atom. The molecule has 0 unspecified atom stereocenters. The molecule has 0 bridgehead atoms. The van der Waals surface area contributed by atoms with Crippen molar-refractivity contribution in [2.24, 2.45) is 0 Å². The molecule has 19 heavy (non-hydrogen) atoms. The molecule has 0 fully saturated rings. The molecule has 0 atom stereocenters. The van der Waals surface area contributed by atoms with Crippen molar-refractivity contribution >= 4 is 23.4 Å². The summed E-state index contributed by atoms with van der Waals surface area (Å²) in [6.45, 7) is 0.659. The van der Waals surface area contributed by atoms with Gasteiger partial charge in [-0.05, 0) is 36.9 Å². The third kappa shape index (κ3) is 3.47. The van der Waals surface area contributed by atoms with Crippen LogP contribution in [0.4, 0.5) is 8.78 Å². The van der Waals surface area contributed by atoms with Crippen LogP contribution in [0.2, 0.25) is 5.02 Å². The third-order valence-electron chi connectivity index (χ3n) is 2.53. The number of hydrogen-bond acceptors (Lipinski definition) is 2. The van der Waals surface area contributed by atoms with Gasteiger partial charge >= 0.3 is 0 Å². The van der Waals surface area contributed by atoms with Crippen LogP contribution in [0.15, 0.2) is 46.2 Å². The molecule has 5 heteroatoms. The van der Waals surface area contributed by atoms with Crippen molar-refractivity contribution in [3.8, 4) is 0 Å². The van der Waals surface area contributed by atoms with Gasteiger partial charge in [0.15, 0.2) is 11.6 Å². The topological polar surface area (TPSA) is 12.0 Å². The normalized spacial score (nSPS) is 10.7. The van der Waals surface area contributed by atoms with Crippen molar-refractivity contribution < 1.29 is 8.78 Å². The Hall–Kier alpha value is -1.10. The van der Waals surface area contributed by atoms with Gasteiger partial charge in [0.1, 0.15) is 0 Å². The highest BCUT2D eigenvalue weighted by Gasteiger charge is 2.10. The van der Waals surface area contributed by atoms with Crippen LogP contribution >= 0.6 is 23.4 Å². The van der Waals surface area contributed by atoms with E-state index in [-0.39, 0.29) is 0 Å². The SMILES string of the molecule is CNCc1cccc(Cl)c1Sc1ccc(F)c(F)c1. The van der Waals surface area contributed by atoms with Crippen molar-refractivity contribution in [2.75, 3.05) is 7.05 Å². The lowest BCUT2D eigenvalue weighted by atomic mass is 10.2. The fourth-order valence-electron chi connectivity index (χ4n) is 1.66. The molecule has 0 heterocycles. The molecule has 0 aromatic heterocycles. The Kier molecular flexibility index (Phi) is 4.80. The first-order valence-corrected chi connectivity index (χ1v) is 6.86. The number of nitrogens with one attached hydrogen (secondary N) is 1. The maximum atomic E-state index is 13.2. The summed E-state index contributed by atoms with van der Waals surface area (Å²) in [5.41, 5.74) is 1.02. The highest BCUT2D eigenvalue weighted by molar-refractivity contribution is 7.99. The average Bonchev–Trinajstić information content (AvgIpc) is 2.38. The van der Waals surface area contributed by atoms with E-state index in [1.54, 1.807) is 6.07 Å². The van der Waals surface area contributed by atoms with Crippen LogP contribution in [0.3, 0.4) is 0 Å². The lowest BCUT2D eigenvalue weighted by molar-refractivity contribution is 0.506. The molecule has 100 valence electrons. The van der Waals surface area contributed by atoms with Crippen molar-refractivity contribution in [3.63, 3.8) is 0 Å². The zero-order valence-electron chi connectivity index (χ0n) is 10.2. The molecule has 2 rings (SSSR count). The molecule has 0 radical (unpaired) electrons. The van der Waals surface area contributed by atoms with Crippen molar-refractivity contribution in [2.45, 2.75) is 16.3 Å². The molecular formula is C14H12ClF2NS. The predicted octanol–water partition coefficient (Wildman–Crippen LogP) is 4.49. The summed E-state index contributed by atoms with van der Waals surface area (Å²) in [4.78, 5) is 1.47. The molecule has 1 nitrogen and oxygen atoms in total. The monoisotopic (exact) mass is 299 g/mol. The van der Waals surface area contributed by atoms with E-state index in [0.717, 1.165) is 16.5 Å². The molecule has 0 aliphatic carbocycles. The minimum Gasteiger partial charge on any atom is -0.316 e. The van der Waals surface area contributed by atoms with Crippen molar-refractivity contribution in [1.82, 2.24) is 5.32 Å². The van der Waals surface area contributed by atoms with Gasteiger partial charge in [0.2, 0.25) is 0 Å². The van der Waals surface area contributed by atoms with E-state index in [2.05, 4.69) is 5.32 Å². The van der Waals surface area contributed by atoms with E-state index in [1.165, 1.54) is 23.9 Å². The Morgan fingerprint density at radius 1 is 1.16 bits per heavy atom. The van der Waals surface area contributed by atoms with Gasteiger partial charge in [-0.1, -0.05) is 35.5 Å². The van der Waals surface area contributed by atoms with Gasteiger partial charge in [-0.15, -0.1) is 0 Å². The van der Waals surface area contributed by atoms with E-state index in [9.17, 15) is 8.78 Å². The molecule has 0 spiro atoms. The summed E-state index contributed by atoms with van der Waals surface area (Å²) in [6.07, 6.45) is 0. The number of halogens is 3. The maximum absolute atomic E-state index is 13.2. The lowest BCUT2D eigenvalue weighted by Gasteiger charge is -2.11. The van der Waals surface area contributed by atoms with E-state index in [0.29, 0.717) is 16.5 Å². The van der Waals surface area contributed by atoms with Gasteiger partial charge in [-0.3, -0.25) is 0 Å². The lowest BCUT2D eigenvalue weighted by Crippen LogP contribution is -2.06. The summed E-state index contributed by atoms with van der Waals surface area (Å²) in [5.74, 6) is -1.70. The summed E-state index contributed by atoms with van der Waals surface area (Å²) >= 11 is 7.49. The molecular weight excluding hydrogens is 288 g/mol. The smallest absolute Gasteiger partial charge is 0.159 e. The third-order valence-corrected chi connectivity index (χ3v) is 4.13. The first-order chi connectivity index (χ1) is 9.11. The van der Waals surface area contributed by atoms with Crippen LogP contribution < -0.4 is 5.32 Å². The van der Waals surface area contributed by atoms with Gasteiger partial charge in [0.25, 0.3) is 0 Å². The van der Waals surface area contributed by atoms with E-state index in [1.807, 2.05) is 19.2 Å². The zero-order chi connectivity index (χ0) is 13.8. The van der Waals surface area contributed by atoms with Gasteiger partial charge in [0, 0.05) is 16.3 Å². The maximum Gasteiger partial charge on any atom is 0.159 e. The predicted molar refractivity (Wildman–Crippen MR) is 74.7 cm³/mol. The second-order valence-electron chi connectivity index (χ2n) is 3.94. The summed E-state index contributed by atoms with van der Waals surface area (Å²) < 4.78 is 26.1. The second kappa shape index (κ2) is 6.37. The first kappa shape index (κ1) is 14.3. The summed E-state index contributed by atoms with van der Waals surface area (Å²) in [6, 6.07) is 9.42. The Labute approximate surface area is 120 Å². The number of benzene rings is 2. The van der Waals surface area contributed by atoms with Crippen LogP contribution in [-0.2, 0) is 6.54 Å². The molecule has 0 saturated carbocycles. The van der Waals surface area contributed by atoms with E-state index >= 15 is 0 Å². The number of hydrogen-bond donors (Lipinski definition) is 1. The molecule has 2 aromatic carbocycles. The van der Waals surface area contributed by atoms with Gasteiger partial charge in [0.05, 0.1) is 5.02 Å². The van der Waals surface area contributed by atoms with Gasteiger partial charge in [-0.2, -0.15) is 0 Å². The van der Waals surface area contributed by atoms with E-state index < -0.39 is 11.6 Å². The Balaban J connectivity index is 2.34. The summed E-state index contributed by atoms with van der Waals surface area (Å²) in [7, 11) is 1.84. The highest BCUT2D eigenvalue weighted by atomic mass is 35.5. The van der Waals surface area contributed by atoms with Crippen molar-refractivity contribution in [1.29, 1.82) is 0 Å². The van der Waals surface area contributed by atoms with Gasteiger partial charge in [-0.25, -0.2) is 8.78 Å². The number of rotatable bonds is 4. The Morgan fingerprint density at radius 3 is 2.63 bits per heavy atom. The Bertz CT molecular complexity index is 590. The van der Waals surface area contributed by atoms with Crippen LogP contribution in [0.1, 0.15) is 5.56 Å². The minimum atomic E-state index is -0.854. The van der Waals surface area contributed by atoms with Crippen LogP contribution in [0.5, 0.6) is 0 Å². The molecule has 0 aliphatic rings. The summed E-state index contributed by atoms with van der Waals surface area (Å²) in [5, 5.41) is 3.65. The zero-order valence-corrected chi connectivity index (χ0v) is 11.8. The van der Waals surface area contributed by atoms with Crippen LogP contribution in [-0.4, -0.2) is 7.05 Å². The van der Waals surface area contributed by atoms with E-state index in [4.69, 9.17) is 11.6 Å². The largest absolute Gasteiger partial charge is 0.316 e. The highest BCUT2D eigenvalue weighted by Crippen LogP contribution is 2.36. The molecule has 1 N–H and O–H groups in total. The van der Waals surface area contributed by atoms with Crippen LogP contribution in [0.25, 0.3) is 0 Å². The van der Waals surface area contributed by atoms with Crippen molar-refractivity contribution in [3.05, 3.63) is 58.6 Å². The fourth-order valence-corrected chi connectivity index (χ4v) is 2.94. The minimum absolute atomic E-state index is 0.600. The average molecular weight is 300 g/mol. The molecule has 2 aromatic rings. The first-order valence-electron chi connectivity index (χ1n) is 5.66. The second-order valence-corrected chi connectivity index (χ2v) is 5.43. The molecule has 0 amide bonds.